The number of benzene rings is 1. The number of carbonyl (C=O) groups excluding carboxylic acids is 1. The van der Waals surface area contributed by atoms with Crippen LogP contribution in [0.25, 0.3) is 0 Å². The zero-order valence-electron chi connectivity index (χ0n) is 11.4. The molecule has 0 saturated carbocycles. The van der Waals surface area contributed by atoms with Crippen LogP contribution in [0.4, 0.5) is 5.69 Å². The topological polar surface area (TPSA) is 57.8 Å². The van der Waals surface area contributed by atoms with Crippen LogP contribution < -0.4 is 5.32 Å². The minimum atomic E-state index is -0.132. The van der Waals surface area contributed by atoms with Gasteiger partial charge in [0.1, 0.15) is 0 Å². The minimum absolute atomic E-state index is 0.132. The highest BCUT2D eigenvalue weighted by Crippen LogP contribution is 2.13. The molecule has 2 rings (SSSR count). The summed E-state index contributed by atoms with van der Waals surface area (Å²) in [7, 11) is 0. The molecule has 100 valence electrons. The Morgan fingerprint density at radius 1 is 1.32 bits per heavy atom. The molecule has 0 saturated heterocycles. The van der Waals surface area contributed by atoms with Crippen LogP contribution in [-0.2, 0) is 6.42 Å². The minimum Gasteiger partial charge on any atom is -0.322 e. The Bertz CT molecular complexity index is 543. The van der Waals surface area contributed by atoms with Crippen molar-refractivity contribution >= 4 is 11.6 Å². The van der Waals surface area contributed by atoms with Crippen molar-refractivity contribution in [3.8, 4) is 0 Å². The molecule has 19 heavy (non-hydrogen) atoms. The highest BCUT2D eigenvalue weighted by Gasteiger charge is 2.10. The maximum absolute atomic E-state index is 12.0. The summed E-state index contributed by atoms with van der Waals surface area (Å²) in [6, 6.07) is 8.01. The fourth-order valence-electron chi connectivity index (χ4n) is 1.91. The first kappa shape index (κ1) is 13.3. The fraction of sp³-hybridized carbons (Fsp3) is 0.333. The fourth-order valence-corrected chi connectivity index (χ4v) is 1.91. The van der Waals surface area contributed by atoms with Gasteiger partial charge >= 0.3 is 0 Å². The van der Waals surface area contributed by atoms with E-state index in [1.807, 2.05) is 19.1 Å². The first-order chi connectivity index (χ1) is 9.20. The van der Waals surface area contributed by atoms with Crippen molar-refractivity contribution in [2.45, 2.75) is 33.1 Å². The number of hydrogen-bond acceptors (Lipinski definition) is 2. The van der Waals surface area contributed by atoms with E-state index in [-0.39, 0.29) is 5.91 Å². The van der Waals surface area contributed by atoms with Crippen molar-refractivity contribution in [2.24, 2.45) is 0 Å². The number of amides is 1. The van der Waals surface area contributed by atoms with Crippen LogP contribution in [0.1, 0.15) is 41.4 Å². The van der Waals surface area contributed by atoms with E-state index in [0.29, 0.717) is 5.56 Å². The van der Waals surface area contributed by atoms with Gasteiger partial charge in [-0.15, -0.1) is 0 Å². The number of aromatic amines is 1. The van der Waals surface area contributed by atoms with Gasteiger partial charge in [-0.25, -0.2) is 0 Å². The maximum atomic E-state index is 12.0. The molecular formula is C15H19N3O. The van der Waals surface area contributed by atoms with E-state index >= 15 is 0 Å². The van der Waals surface area contributed by atoms with Crippen molar-refractivity contribution in [3.05, 3.63) is 47.3 Å². The molecule has 2 aromatic rings. The van der Waals surface area contributed by atoms with Gasteiger partial charge in [0.05, 0.1) is 11.8 Å². The third-order valence-electron chi connectivity index (χ3n) is 3.11. The quantitative estimate of drug-likeness (QED) is 0.863. The van der Waals surface area contributed by atoms with Crippen LogP contribution in [0.15, 0.2) is 30.5 Å². The number of hydrogen-bond donors (Lipinski definition) is 2. The molecule has 4 heteroatoms. The first-order valence-electron chi connectivity index (χ1n) is 6.61. The smallest absolute Gasteiger partial charge is 0.259 e. The van der Waals surface area contributed by atoms with Crippen LogP contribution in [0.2, 0.25) is 0 Å². The molecule has 0 unspecified atom stereocenters. The molecule has 0 fully saturated rings. The number of carbonyl (C=O) groups is 1. The third-order valence-corrected chi connectivity index (χ3v) is 3.11. The Morgan fingerprint density at radius 3 is 2.63 bits per heavy atom. The molecule has 0 aliphatic rings. The van der Waals surface area contributed by atoms with E-state index in [1.54, 1.807) is 6.20 Å². The van der Waals surface area contributed by atoms with Gasteiger partial charge in [0.15, 0.2) is 0 Å². The van der Waals surface area contributed by atoms with E-state index in [4.69, 9.17) is 0 Å². The molecule has 1 heterocycles. The van der Waals surface area contributed by atoms with Crippen molar-refractivity contribution in [1.82, 2.24) is 10.2 Å². The molecule has 2 N–H and O–H groups in total. The number of H-pyrrole nitrogens is 1. The van der Waals surface area contributed by atoms with Crippen LogP contribution >= 0.6 is 0 Å². The van der Waals surface area contributed by atoms with Gasteiger partial charge in [0.25, 0.3) is 5.91 Å². The second kappa shape index (κ2) is 6.18. The van der Waals surface area contributed by atoms with Gasteiger partial charge in [-0.1, -0.05) is 25.5 Å². The van der Waals surface area contributed by atoms with E-state index in [9.17, 15) is 4.79 Å². The number of anilines is 1. The lowest BCUT2D eigenvalue weighted by Gasteiger charge is -2.06. The molecule has 0 aliphatic heterocycles. The standard InChI is InChI=1S/C15H19N3O/c1-3-4-5-12-6-8-13(9-7-12)17-15(19)14-10-16-18-11(14)2/h6-10H,3-5H2,1-2H3,(H,16,18)(H,17,19). The van der Waals surface area contributed by atoms with Crippen molar-refractivity contribution < 1.29 is 4.79 Å². The van der Waals surface area contributed by atoms with Gasteiger partial charge in [0, 0.05) is 11.4 Å². The summed E-state index contributed by atoms with van der Waals surface area (Å²) in [5, 5.41) is 9.47. The van der Waals surface area contributed by atoms with Crippen LogP contribution in [-0.4, -0.2) is 16.1 Å². The molecule has 0 spiro atoms. The van der Waals surface area contributed by atoms with Crippen molar-refractivity contribution in [2.75, 3.05) is 5.32 Å². The molecule has 1 aromatic heterocycles. The van der Waals surface area contributed by atoms with Crippen LogP contribution in [0, 0.1) is 6.92 Å². The molecule has 0 radical (unpaired) electrons. The Labute approximate surface area is 113 Å². The second-order valence-corrected chi connectivity index (χ2v) is 4.66. The van der Waals surface area contributed by atoms with Gasteiger partial charge < -0.3 is 5.32 Å². The Hall–Kier alpha value is -2.10. The lowest BCUT2D eigenvalue weighted by Crippen LogP contribution is -2.12. The average molecular weight is 257 g/mol. The van der Waals surface area contributed by atoms with Gasteiger partial charge in [-0.3, -0.25) is 9.89 Å². The van der Waals surface area contributed by atoms with Crippen molar-refractivity contribution in [3.63, 3.8) is 0 Å². The molecule has 0 atom stereocenters. The number of unbranched alkanes of at least 4 members (excludes halogenated alkanes) is 1. The van der Waals surface area contributed by atoms with E-state index in [2.05, 4.69) is 34.6 Å². The summed E-state index contributed by atoms with van der Waals surface area (Å²) in [5.74, 6) is -0.132. The highest BCUT2D eigenvalue weighted by atomic mass is 16.1. The summed E-state index contributed by atoms with van der Waals surface area (Å²) in [4.78, 5) is 12.0. The Balaban J connectivity index is 2.00. The maximum Gasteiger partial charge on any atom is 0.259 e. The molecular weight excluding hydrogens is 238 g/mol. The Morgan fingerprint density at radius 2 is 2.05 bits per heavy atom. The number of nitrogens with zero attached hydrogens (tertiary/aromatic N) is 1. The largest absolute Gasteiger partial charge is 0.322 e. The highest BCUT2D eigenvalue weighted by molar-refractivity contribution is 6.04. The van der Waals surface area contributed by atoms with Gasteiger partial charge in [0.2, 0.25) is 0 Å². The second-order valence-electron chi connectivity index (χ2n) is 4.66. The first-order valence-corrected chi connectivity index (χ1v) is 6.61. The summed E-state index contributed by atoms with van der Waals surface area (Å²) >= 11 is 0. The lowest BCUT2D eigenvalue weighted by atomic mass is 10.1. The lowest BCUT2D eigenvalue weighted by molar-refractivity contribution is 0.102. The van der Waals surface area contributed by atoms with Crippen molar-refractivity contribution in [1.29, 1.82) is 0 Å². The number of aryl methyl sites for hydroxylation is 2. The number of nitrogens with one attached hydrogen (secondary N) is 2. The molecule has 0 aliphatic carbocycles. The molecule has 4 nitrogen and oxygen atoms in total. The number of rotatable bonds is 5. The summed E-state index contributed by atoms with van der Waals surface area (Å²) in [5.41, 5.74) is 3.47. The predicted octanol–water partition coefficient (Wildman–Crippen LogP) is 3.31. The van der Waals surface area contributed by atoms with Crippen LogP contribution in [0.3, 0.4) is 0 Å². The zero-order chi connectivity index (χ0) is 13.7. The summed E-state index contributed by atoms with van der Waals surface area (Å²) in [6.07, 6.45) is 5.02. The molecule has 0 bridgehead atoms. The van der Waals surface area contributed by atoms with Gasteiger partial charge in [-0.05, 0) is 37.5 Å². The van der Waals surface area contributed by atoms with E-state index < -0.39 is 0 Å². The monoisotopic (exact) mass is 257 g/mol. The average Bonchev–Trinajstić information content (AvgIpc) is 2.84. The number of aromatic nitrogens is 2. The predicted molar refractivity (Wildman–Crippen MR) is 76.3 cm³/mol. The van der Waals surface area contributed by atoms with Gasteiger partial charge in [-0.2, -0.15) is 5.10 Å². The summed E-state index contributed by atoms with van der Waals surface area (Å²) < 4.78 is 0. The van der Waals surface area contributed by atoms with Crippen LogP contribution in [0.5, 0.6) is 0 Å². The summed E-state index contributed by atoms with van der Waals surface area (Å²) in [6.45, 7) is 4.01. The zero-order valence-corrected chi connectivity index (χ0v) is 11.4. The normalized spacial score (nSPS) is 10.4. The van der Waals surface area contributed by atoms with E-state index in [1.165, 1.54) is 18.4 Å². The molecule has 1 amide bonds. The third kappa shape index (κ3) is 3.44. The Kier molecular flexibility index (Phi) is 4.34. The SMILES string of the molecule is CCCCc1ccc(NC(=O)c2cn[nH]c2C)cc1. The van der Waals surface area contributed by atoms with E-state index in [0.717, 1.165) is 17.8 Å². The molecule has 1 aromatic carbocycles.